The topological polar surface area (TPSA) is 71.1 Å². The molecule has 0 spiro atoms. The minimum absolute atomic E-state index is 0.00146. The predicted molar refractivity (Wildman–Crippen MR) is 158 cm³/mol. The lowest BCUT2D eigenvalue weighted by Gasteiger charge is -2.34. The molecule has 0 amide bonds. The number of hydrogen-bond acceptors (Lipinski definition) is 6. The van der Waals surface area contributed by atoms with Crippen molar-refractivity contribution in [2.45, 2.75) is 117 Å². The third-order valence-corrected chi connectivity index (χ3v) is 7.01. The summed E-state index contributed by atoms with van der Waals surface area (Å²) in [6, 6.07) is 0. The van der Waals surface area contributed by atoms with Crippen LogP contribution in [-0.2, 0) is 28.5 Å². The van der Waals surface area contributed by atoms with Gasteiger partial charge in [0.2, 0.25) is 0 Å². The minimum Gasteiger partial charge on any atom is -0.466 e. The van der Waals surface area contributed by atoms with Gasteiger partial charge in [-0.25, -0.2) is 4.79 Å². The number of esters is 1. The lowest BCUT2D eigenvalue weighted by Crippen LogP contribution is -2.33. The average Bonchev–Trinajstić information content (AvgIpc) is 2.90. The highest BCUT2D eigenvalue weighted by molar-refractivity contribution is 5.82. The van der Waals surface area contributed by atoms with E-state index in [2.05, 4.69) is 39.8 Å². The monoisotopic (exact) mass is 544 g/mol. The van der Waals surface area contributed by atoms with Gasteiger partial charge in [0.25, 0.3) is 6.47 Å². The maximum absolute atomic E-state index is 11.7. The number of carbonyl (C=O) groups excluding carboxylic acids is 2. The maximum atomic E-state index is 11.7. The molecule has 1 heterocycles. The summed E-state index contributed by atoms with van der Waals surface area (Å²) in [5.74, 6) is 0.0641. The Bertz CT molecular complexity index is 839. The first kappa shape index (κ1) is 34.6. The Hall–Kier alpha value is -2.44. The van der Waals surface area contributed by atoms with Gasteiger partial charge in [-0.15, -0.1) is 0 Å². The molecule has 0 radical (unpaired) electrons. The van der Waals surface area contributed by atoms with E-state index in [1.807, 2.05) is 50.3 Å². The summed E-state index contributed by atoms with van der Waals surface area (Å²) in [6.07, 6.45) is 24.2. The van der Waals surface area contributed by atoms with Crippen LogP contribution in [0.25, 0.3) is 0 Å². The van der Waals surface area contributed by atoms with Gasteiger partial charge in [-0.2, -0.15) is 0 Å². The number of rotatable bonds is 18. The van der Waals surface area contributed by atoms with Gasteiger partial charge in [-0.05, 0) is 71.3 Å². The fraction of sp³-hybridized carbons (Fsp3) is 0.636. The largest absolute Gasteiger partial charge is 0.466 e. The molecule has 0 saturated carbocycles. The van der Waals surface area contributed by atoms with Crippen LogP contribution in [0.5, 0.6) is 0 Å². The van der Waals surface area contributed by atoms with Crippen LogP contribution < -0.4 is 0 Å². The van der Waals surface area contributed by atoms with Crippen LogP contribution in [-0.4, -0.2) is 50.1 Å². The molecular weight excluding hydrogens is 492 g/mol. The Morgan fingerprint density at radius 3 is 2.33 bits per heavy atom. The zero-order valence-corrected chi connectivity index (χ0v) is 25.2. The van der Waals surface area contributed by atoms with E-state index in [1.54, 1.807) is 6.08 Å². The summed E-state index contributed by atoms with van der Waals surface area (Å²) in [6.45, 7) is 12.9. The van der Waals surface area contributed by atoms with Crippen LogP contribution in [0.4, 0.5) is 0 Å². The zero-order valence-electron chi connectivity index (χ0n) is 25.2. The summed E-state index contributed by atoms with van der Waals surface area (Å²) in [5, 5.41) is 0. The highest BCUT2D eigenvalue weighted by atomic mass is 16.5. The second kappa shape index (κ2) is 20.5. The van der Waals surface area contributed by atoms with Crippen LogP contribution >= 0.6 is 0 Å². The molecule has 0 aromatic rings. The van der Waals surface area contributed by atoms with Gasteiger partial charge in [-0.3, -0.25) is 4.79 Å². The Kier molecular flexibility index (Phi) is 18.1. The first-order chi connectivity index (χ1) is 18.7. The third kappa shape index (κ3) is 15.7. The van der Waals surface area contributed by atoms with Crippen molar-refractivity contribution in [1.82, 2.24) is 0 Å². The summed E-state index contributed by atoms with van der Waals surface area (Å²) in [4.78, 5) is 22.7. The summed E-state index contributed by atoms with van der Waals surface area (Å²) in [5.41, 5.74) is 0.955. The quantitative estimate of drug-likeness (QED) is 0.0586. The van der Waals surface area contributed by atoms with Crippen molar-refractivity contribution in [2.24, 2.45) is 11.8 Å². The van der Waals surface area contributed by atoms with E-state index in [-0.39, 0.29) is 42.4 Å². The molecule has 7 unspecified atom stereocenters. The van der Waals surface area contributed by atoms with E-state index in [1.165, 1.54) is 7.11 Å². The highest BCUT2D eigenvalue weighted by Gasteiger charge is 2.27. The number of hydrogen-bond donors (Lipinski definition) is 0. The third-order valence-electron chi connectivity index (χ3n) is 7.01. The first-order valence-electron chi connectivity index (χ1n) is 14.5. The van der Waals surface area contributed by atoms with Gasteiger partial charge in [0, 0.05) is 18.4 Å². The molecule has 6 nitrogen and oxygen atoms in total. The standard InChI is InChI=1S/C33H52O6/c1-8-10-11-12-13-17-32(37-24-34)27(5)19-18-25(3)20-29-15-14-16-30(39-29)23-31(38-28(6)9-2)21-26(4)22-33(35)36-7/h8,10-13,17-19,22,24-25,27-32H,9,14-16,20-21,23H2,1-7H3/b10-8+,12-11-,17-13+,19-18+,26-22-. The second-order valence-electron chi connectivity index (χ2n) is 10.7. The Labute approximate surface area is 237 Å². The molecule has 0 aromatic heterocycles. The Balaban J connectivity index is 2.71. The Morgan fingerprint density at radius 2 is 1.69 bits per heavy atom. The molecule has 1 saturated heterocycles. The van der Waals surface area contributed by atoms with Gasteiger partial charge >= 0.3 is 5.97 Å². The fourth-order valence-corrected chi connectivity index (χ4v) is 4.70. The van der Waals surface area contributed by atoms with Crippen molar-refractivity contribution in [3.8, 4) is 0 Å². The molecule has 0 bridgehead atoms. The van der Waals surface area contributed by atoms with Gasteiger partial charge in [-0.1, -0.05) is 68.9 Å². The molecule has 1 rings (SSSR count). The lowest BCUT2D eigenvalue weighted by molar-refractivity contribution is -0.135. The van der Waals surface area contributed by atoms with Gasteiger partial charge in [0.1, 0.15) is 6.10 Å². The maximum Gasteiger partial charge on any atom is 0.330 e. The van der Waals surface area contributed by atoms with E-state index >= 15 is 0 Å². The van der Waals surface area contributed by atoms with Crippen LogP contribution in [0.2, 0.25) is 0 Å². The van der Waals surface area contributed by atoms with Crippen molar-refractivity contribution in [3.05, 3.63) is 60.3 Å². The SMILES string of the molecule is C/C=C/C=C\C=C\C(OC=O)C(C)/C=C/C(C)CC1CCCC(CC(C/C(C)=C\C(=O)OC)OC(C)CC)O1. The molecular formula is C33H52O6. The van der Waals surface area contributed by atoms with Crippen LogP contribution in [0.1, 0.15) is 86.5 Å². The van der Waals surface area contributed by atoms with Crippen LogP contribution in [0, 0.1) is 11.8 Å². The zero-order chi connectivity index (χ0) is 29.0. The van der Waals surface area contributed by atoms with Crippen molar-refractivity contribution >= 4 is 12.4 Å². The van der Waals surface area contributed by atoms with E-state index in [0.717, 1.165) is 44.1 Å². The highest BCUT2D eigenvalue weighted by Crippen LogP contribution is 2.29. The lowest BCUT2D eigenvalue weighted by atomic mass is 9.92. The molecule has 1 fully saturated rings. The summed E-state index contributed by atoms with van der Waals surface area (Å²) in [7, 11) is 1.39. The van der Waals surface area contributed by atoms with E-state index in [0.29, 0.717) is 18.8 Å². The molecule has 39 heavy (non-hydrogen) atoms. The van der Waals surface area contributed by atoms with Crippen LogP contribution in [0.15, 0.2) is 60.3 Å². The number of ether oxygens (including phenoxy) is 4. The molecule has 1 aliphatic heterocycles. The normalized spacial score (nSPS) is 22.8. The molecule has 0 aromatic carbocycles. The average molecular weight is 545 g/mol. The second-order valence-corrected chi connectivity index (χ2v) is 10.7. The van der Waals surface area contributed by atoms with Crippen LogP contribution in [0.3, 0.4) is 0 Å². The molecule has 0 N–H and O–H groups in total. The van der Waals surface area contributed by atoms with Gasteiger partial charge < -0.3 is 18.9 Å². The Morgan fingerprint density at radius 1 is 1.00 bits per heavy atom. The summed E-state index contributed by atoms with van der Waals surface area (Å²) >= 11 is 0. The van der Waals surface area contributed by atoms with E-state index in [9.17, 15) is 9.59 Å². The van der Waals surface area contributed by atoms with E-state index in [4.69, 9.17) is 18.9 Å². The number of methoxy groups -OCH3 is 1. The molecule has 6 heteroatoms. The minimum atomic E-state index is -0.332. The van der Waals surface area contributed by atoms with Crippen molar-refractivity contribution in [1.29, 1.82) is 0 Å². The van der Waals surface area contributed by atoms with Crippen molar-refractivity contribution < 1.29 is 28.5 Å². The molecule has 220 valence electrons. The van der Waals surface area contributed by atoms with Gasteiger partial charge in [0.15, 0.2) is 0 Å². The number of allylic oxidation sites excluding steroid dienone is 6. The smallest absolute Gasteiger partial charge is 0.330 e. The fourth-order valence-electron chi connectivity index (χ4n) is 4.70. The van der Waals surface area contributed by atoms with Gasteiger partial charge in [0.05, 0.1) is 31.5 Å². The number of carbonyl (C=O) groups is 2. The van der Waals surface area contributed by atoms with E-state index < -0.39 is 0 Å². The molecule has 0 aliphatic carbocycles. The van der Waals surface area contributed by atoms with Crippen molar-refractivity contribution in [2.75, 3.05) is 7.11 Å². The molecule has 1 aliphatic rings. The molecule has 7 atom stereocenters. The van der Waals surface area contributed by atoms with Crippen molar-refractivity contribution in [3.63, 3.8) is 0 Å². The summed E-state index contributed by atoms with van der Waals surface area (Å²) < 4.78 is 22.9. The predicted octanol–water partition coefficient (Wildman–Crippen LogP) is 7.46. The first-order valence-corrected chi connectivity index (χ1v) is 14.5.